The van der Waals surface area contributed by atoms with Crippen LogP contribution < -0.4 is 30.1 Å². The van der Waals surface area contributed by atoms with Gasteiger partial charge in [0.2, 0.25) is 0 Å². The molecule has 3 aliphatic rings. The Morgan fingerprint density at radius 1 is 0.340 bits per heavy atom. The molecule has 218 valence electrons. The molecule has 3 heterocycles. The summed E-state index contributed by atoms with van der Waals surface area (Å²) < 4.78 is 35.3. The first-order chi connectivity index (χ1) is 23.1. The monoisotopic (exact) mass is 620 g/mol. The van der Waals surface area contributed by atoms with Crippen LogP contribution in [0.3, 0.4) is 0 Å². The summed E-state index contributed by atoms with van der Waals surface area (Å²) in [5.74, 6) is 22.0. The molecule has 47 heavy (non-hydrogen) atoms. The van der Waals surface area contributed by atoms with Gasteiger partial charge >= 0.3 is 0 Å². The summed E-state index contributed by atoms with van der Waals surface area (Å²) >= 11 is 0. The van der Waals surface area contributed by atoms with Crippen LogP contribution >= 0.6 is 7.14 Å². The van der Waals surface area contributed by atoms with E-state index < -0.39 is 7.14 Å². The smallest absolute Gasteiger partial charge is 0.193 e. The first-order valence-corrected chi connectivity index (χ1v) is 16.7. The third-order valence-electron chi connectivity index (χ3n) is 8.10. The van der Waals surface area contributed by atoms with Gasteiger partial charge in [-0.15, -0.1) is 0 Å². The number of hydrogen-bond acceptors (Lipinski definition) is 4. The zero-order valence-corrected chi connectivity index (χ0v) is 25.6. The van der Waals surface area contributed by atoms with E-state index in [0.717, 1.165) is 16.7 Å². The van der Waals surface area contributed by atoms with E-state index in [1.54, 1.807) is 0 Å². The fourth-order valence-corrected chi connectivity index (χ4v) is 9.24. The largest absolute Gasteiger partial charge is 0.455 e. The van der Waals surface area contributed by atoms with Crippen molar-refractivity contribution in [3.05, 3.63) is 161 Å². The van der Waals surface area contributed by atoms with E-state index in [0.29, 0.717) is 67.1 Å². The van der Waals surface area contributed by atoms with Crippen molar-refractivity contribution in [3.8, 4) is 70.0 Å². The van der Waals surface area contributed by atoms with Crippen molar-refractivity contribution in [1.82, 2.24) is 0 Å². The molecule has 0 aliphatic carbocycles. The Balaban J connectivity index is 1.25. The average Bonchev–Trinajstić information content (AvgIpc) is 3.09. The van der Waals surface area contributed by atoms with Crippen LogP contribution in [-0.2, 0) is 4.57 Å². The molecule has 0 spiro atoms. The second-order valence-corrected chi connectivity index (χ2v) is 13.8. The van der Waals surface area contributed by atoms with E-state index in [2.05, 4.69) is 35.5 Å². The summed E-state index contributed by atoms with van der Waals surface area (Å²) in [4.78, 5) is 0. The van der Waals surface area contributed by atoms with Crippen LogP contribution in [0.1, 0.15) is 33.4 Å². The second kappa shape index (κ2) is 10.6. The normalized spacial score (nSPS) is 12.9. The van der Waals surface area contributed by atoms with E-state index in [9.17, 15) is 0 Å². The lowest BCUT2D eigenvalue weighted by Gasteiger charge is -2.38. The first-order valence-electron chi connectivity index (χ1n) is 15.0. The Hall–Kier alpha value is -6.37. The summed E-state index contributed by atoms with van der Waals surface area (Å²) in [6.45, 7) is 0. The highest BCUT2D eigenvalue weighted by atomic mass is 31.2. The molecule has 6 aromatic carbocycles. The molecule has 9 rings (SSSR count). The van der Waals surface area contributed by atoms with E-state index in [-0.39, 0.29) is 0 Å². The fourth-order valence-electron chi connectivity index (χ4n) is 6.05. The predicted octanol–water partition coefficient (Wildman–Crippen LogP) is 7.84. The standard InChI is InChI=1S/C42H21O4P/c43-47-40-34-22-31(19-16-28-10-4-1-5-11-28)23-35(40)45-37-25-33(21-18-30-14-8-3-9-15-30)27-39(42(37)47)46-38-26-32(24-36(44-34)41(38)47)20-17-29-12-6-2-7-13-29/h1-15,22-27H. The third kappa shape index (κ3) is 4.59. The Kier molecular flexibility index (Phi) is 6.10. The van der Waals surface area contributed by atoms with Crippen molar-refractivity contribution in [3.63, 3.8) is 0 Å². The highest BCUT2D eigenvalue weighted by Gasteiger charge is 2.52. The maximum Gasteiger partial charge on any atom is 0.193 e. The van der Waals surface area contributed by atoms with Gasteiger partial charge in [0.25, 0.3) is 0 Å². The summed E-state index contributed by atoms with van der Waals surface area (Å²) in [5.41, 5.74) is 4.67. The lowest BCUT2D eigenvalue weighted by molar-refractivity contribution is 0.439. The van der Waals surface area contributed by atoms with Crippen molar-refractivity contribution >= 4 is 23.1 Å². The van der Waals surface area contributed by atoms with E-state index in [1.165, 1.54) is 0 Å². The quantitative estimate of drug-likeness (QED) is 0.128. The highest BCUT2D eigenvalue weighted by Crippen LogP contribution is 2.64. The molecule has 0 bridgehead atoms. The van der Waals surface area contributed by atoms with Gasteiger partial charge in [-0.05, 0) is 72.8 Å². The summed E-state index contributed by atoms with van der Waals surface area (Å²) in [5, 5.41) is 1.54. The topological polar surface area (TPSA) is 44.8 Å². The minimum absolute atomic E-state index is 0.446. The zero-order valence-electron chi connectivity index (χ0n) is 24.7. The minimum Gasteiger partial charge on any atom is -0.455 e. The van der Waals surface area contributed by atoms with Crippen LogP contribution in [0.25, 0.3) is 0 Å². The van der Waals surface area contributed by atoms with Crippen molar-refractivity contribution in [1.29, 1.82) is 0 Å². The molecule has 6 aromatic rings. The number of rotatable bonds is 0. The maximum atomic E-state index is 15.7. The Bertz CT molecular complexity index is 2170. The number of benzene rings is 6. The van der Waals surface area contributed by atoms with Gasteiger partial charge in [-0.1, -0.05) is 90.1 Å². The second-order valence-electron chi connectivity index (χ2n) is 11.2. The van der Waals surface area contributed by atoms with Crippen LogP contribution in [-0.4, -0.2) is 0 Å². The predicted molar refractivity (Wildman–Crippen MR) is 183 cm³/mol. The van der Waals surface area contributed by atoms with E-state index in [4.69, 9.17) is 14.2 Å². The van der Waals surface area contributed by atoms with Crippen molar-refractivity contribution < 1.29 is 18.8 Å². The van der Waals surface area contributed by atoms with Crippen LogP contribution in [0, 0.1) is 35.5 Å². The molecule has 3 aliphatic heterocycles. The molecule has 0 atom stereocenters. The summed E-state index contributed by atoms with van der Waals surface area (Å²) in [6.07, 6.45) is 0. The molecule has 0 fully saturated rings. The Morgan fingerprint density at radius 3 is 0.830 bits per heavy atom. The van der Waals surface area contributed by atoms with Crippen LogP contribution in [0.2, 0.25) is 0 Å². The third-order valence-corrected chi connectivity index (χ3v) is 11.3. The lowest BCUT2D eigenvalue weighted by Crippen LogP contribution is -2.39. The lowest BCUT2D eigenvalue weighted by atomic mass is 10.1. The van der Waals surface area contributed by atoms with Gasteiger partial charge in [-0.25, -0.2) is 0 Å². The van der Waals surface area contributed by atoms with Gasteiger partial charge in [0, 0.05) is 33.4 Å². The molecular weight excluding hydrogens is 599 g/mol. The van der Waals surface area contributed by atoms with Gasteiger partial charge in [-0.2, -0.15) is 0 Å². The highest BCUT2D eigenvalue weighted by molar-refractivity contribution is 7.86. The van der Waals surface area contributed by atoms with Crippen LogP contribution in [0.5, 0.6) is 34.5 Å². The van der Waals surface area contributed by atoms with Gasteiger partial charge < -0.3 is 18.8 Å². The molecule has 0 aromatic heterocycles. The molecule has 0 N–H and O–H groups in total. The molecular formula is C42H21O4P. The summed E-state index contributed by atoms with van der Waals surface area (Å²) in [6, 6.07) is 40.3. The van der Waals surface area contributed by atoms with Crippen LogP contribution in [0.15, 0.2) is 127 Å². The Morgan fingerprint density at radius 2 is 0.574 bits per heavy atom. The van der Waals surface area contributed by atoms with Gasteiger partial charge in [-0.3, -0.25) is 0 Å². The maximum absolute atomic E-state index is 15.7. The molecule has 5 heteroatoms. The Labute approximate surface area is 272 Å². The van der Waals surface area contributed by atoms with E-state index in [1.807, 2.05) is 127 Å². The summed E-state index contributed by atoms with van der Waals surface area (Å²) in [7, 11) is -3.49. The van der Waals surface area contributed by atoms with Crippen molar-refractivity contribution in [2.75, 3.05) is 0 Å². The molecule has 0 saturated heterocycles. The fraction of sp³-hybridized carbons (Fsp3) is 0. The molecule has 4 nitrogen and oxygen atoms in total. The van der Waals surface area contributed by atoms with Crippen molar-refractivity contribution in [2.24, 2.45) is 0 Å². The molecule has 0 unspecified atom stereocenters. The molecule has 0 amide bonds. The zero-order chi connectivity index (χ0) is 31.4. The first kappa shape index (κ1) is 27.0. The minimum atomic E-state index is -3.49. The molecule has 0 radical (unpaired) electrons. The van der Waals surface area contributed by atoms with E-state index >= 15 is 4.57 Å². The van der Waals surface area contributed by atoms with Gasteiger partial charge in [0.15, 0.2) is 7.14 Å². The number of ether oxygens (including phenoxy) is 3. The van der Waals surface area contributed by atoms with Gasteiger partial charge in [0.1, 0.15) is 50.4 Å². The average molecular weight is 621 g/mol. The van der Waals surface area contributed by atoms with Crippen LogP contribution in [0.4, 0.5) is 0 Å². The number of hydrogen-bond donors (Lipinski definition) is 0. The van der Waals surface area contributed by atoms with Crippen molar-refractivity contribution in [2.45, 2.75) is 0 Å². The van der Waals surface area contributed by atoms with Gasteiger partial charge in [0.05, 0.1) is 0 Å². The molecule has 0 saturated carbocycles. The SMILES string of the molecule is O=P12c3c4cc(C#Cc5ccccc5)cc3Oc3cc(C#Cc5ccccc5)cc(c31)Oc1cc(C#Cc3ccccc3)cc(c12)O4.